The molecule has 2 saturated heterocycles. The van der Waals surface area contributed by atoms with Crippen LogP contribution in [0.5, 0.6) is 0 Å². The Kier molecular flexibility index (Phi) is 7.38. The Labute approximate surface area is 223 Å². The predicted molar refractivity (Wildman–Crippen MR) is 134 cm³/mol. The SMILES string of the molecule is CS(=O)(=O)c1ccc(C2CC(c3nc(-c4cccc(C(F)(F)F)c4)no3)CN(C(=O)N3CCOCC3)C2)cc1. The van der Waals surface area contributed by atoms with Crippen LogP contribution in [0.25, 0.3) is 11.4 Å². The molecule has 3 aromatic rings. The summed E-state index contributed by atoms with van der Waals surface area (Å²) in [5, 5.41) is 3.93. The van der Waals surface area contributed by atoms with Gasteiger partial charge in [-0.25, -0.2) is 13.2 Å². The summed E-state index contributed by atoms with van der Waals surface area (Å²) in [6, 6.07) is 11.1. The molecule has 13 heteroatoms. The first kappa shape index (κ1) is 27.1. The lowest BCUT2D eigenvalue weighted by Crippen LogP contribution is -2.52. The Bertz CT molecular complexity index is 1440. The van der Waals surface area contributed by atoms with Crippen molar-refractivity contribution in [2.75, 3.05) is 45.6 Å². The molecule has 2 unspecified atom stereocenters. The number of nitrogens with zero attached hydrogens (tertiary/aromatic N) is 4. The third kappa shape index (κ3) is 6.09. The standard InChI is InChI=1S/C26H27F3N4O5S/c1-39(35,36)22-7-5-17(6-8-22)19-13-20(16-33(15-19)25(34)32-9-11-37-12-10-32)24-30-23(31-38-24)18-3-2-4-21(14-18)26(27,28)29/h2-8,14,19-20H,9-13,15-16H2,1H3. The number of carbonyl (C=O) groups excluding carboxylic acids is 1. The minimum absolute atomic E-state index is 0.0294. The molecule has 5 rings (SSSR count). The van der Waals surface area contributed by atoms with Gasteiger partial charge in [-0.2, -0.15) is 18.2 Å². The number of hydrogen-bond acceptors (Lipinski definition) is 7. The average molecular weight is 565 g/mol. The molecule has 2 aliphatic rings. The van der Waals surface area contributed by atoms with E-state index in [1.165, 1.54) is 12.1 Å². The lowest BCUT2D eigenvalue weighted by Gasteiger charge is -2.40. The minimum Gasteiger partial charge on any atom is -0.378 e. The Morgan fingerprint density at radius 3 is 2.36 bits per heavy atom. The van der Waals surface area contributed by atoms with Gasteiger partial charge in [-0.1, -0.05) is 29.4 Å². The van der Waals surface area contributed by atoms with E-state index in [9.17, 15) is 26.4 Å². The van der Waals surface area contributed by atoms with Gasteiger partial charge in [-0.15, -0.1) is 0 Å². The average Bonchev–Trinajstić information content (AvgIpc) is 3.43. The van der Waals surface area contributed by atoms with Gasteiger partial charge in [0.1, 0.15) is 0 Å². The fourth-order valence-electron chi connectivity index (χ4n) is 4.97. The van der Waals surface area contributed by atoms with Gasteiger partial charge in [-0.05, 0) is 36.2 Å². The summed E-state index contributed by atoms with van der Waals surface area (Å²) in [6.45, 7) is 2.52. The number of alkyl halides is 3. The molecule has 0 N–H and O–H groups in total. The maximum Gasteiger partial charge on any atom is 0.416 e. The second-order valence-corrected chi connectivity index (χ2v) is 11.8. The van der Waals surface area contributed by atoms with Gasteiger partial charge in [0, 0.05) is 43.9 Å². The van der Waals surface area contributed by atoms with E-state index in [2.05, 4.69) is 10.1 Å². The Balaban J connectivity index is 1.43. The van der Waals surface area contributed by atoms with Crippen molar-refractivity contribution >= 4 is 15.9 Å². The zero-order valence-corrected chi connectivity index (χ0v) is 21.9. The molecule has 2 atom stereocenters. The van der Waals surface area contributed by atoms with Crippen LogP contribution in [-0.2, 0) is 20.8 Å². The van der Waals surface area contributed by atoms with Gasteiger partial charge >= 0.3 is 12.2 Å². The van der Waals surface area contributed by atoms with Crippen molar-refractivity contribution in [2.45, 2.75) is 29.3 Å². The first-order valence-corrected chi connectivity index (χ1v) is 14.3. The molecule has 0 saturated carbocycles. The van der Waals surface area contributed by atoms with Crippen molar-refractivity contribution in [1.29, 1.82) is 0 Å². The van der Waals surface area contributed by atoms with E-state index >= 15 is 0 Å². The Morgan fingerprint density at radius 1 is 1.00 bits per heavy atom. The number of carbonyl (C=O) groups is 1. The number of sulfone groups is 1. The summed E-state index contributed by atoms with van der Waals surface area (Å²) in [5.74, 6) is -0.289. The highest BCUT2D eigenvalue weighted by atomic mass is 32.2. The molecule has 208 valence electrons. The van der Waals surface area contributed by atoms with Gasteiger partial charge in [0.25, 0.3) is 0 Å². The number of aromatic nitrogens is 2. The summed E-state index contributed by atoms with van der Waals surface area (Å²) < 4.78 is 74.3. The summed E-state index contributed by atoms with van der Waals surface area (Å²) >= 11 is 0. The number of ether oxygens (including phenoxy) is 1. The fourth-order valence-corrected chi connectivity index (χ4v) is 5.60. The lowest BCUT2D eigenvalue weighted by molar-refractivity contribution is -0.137. The molecule has 3 heterocycles. The number of piperidine rings is 1. The van der Waals surface area contributed by atoms with Gasteiger partial charge in [0.05, 0.1) is 29.6 Å². The van der Waals surface area contributed by atoms with Crippen LogP contribution in [0.15, 0.2) is 57.9 Å². The van der Waals surface area contributed by atoms with Gasteiger partial charge < -0.3 is 19.1 Å². The topological polar surface area (TPSA) is 106 Å². The second kappa shape index (κ2) is 10.6. The number of halogens is 3. The van der Waals surface area contributed by atoms with Crippen molar-refractivity contribution in [3.63, 3.8) is 0 Å². The highest BCUT2D eigenvalue weighted by Crippen LogP contribution is 2.37. The van der Waals surface area contributed by atoms with E-state index in [-0.39, 0.29) is 40.0 Å². The molecule has 2 aliphatic heterocycles. The van der Waals surface area contributed by atoms with Crippen LogP contribution in [0.4, 0.5) is 18.0 Å². The van der Waals surface area contributed by atoms with Crippen molar-refractivity contribution in [3.05, 3.63) is 65.5 Å². The minimum atomic E-state index is -4.51. The van der Waals surface area contributed by atoms with Crippen molar-refractivity contribution in [1.82, 2.24) is 19.9 Å². The summed E-state index contributed by atoms with van der Waals surface area (Å²) in [5.41, 5.74) is 0.207. The Morgan fingerprint density at radius 2 is 1.69 bits per heavy atom. The normalized spacial score (nSPS) is 20.7. The molecule has 2 amide bonds. The summed E-state index contributed by atoms with van der Waals surface area (Å²) in [7, 11) is -3.37. The molecule has 0 radical (unpaired) electrons. The predicted octanol–water partition coefficient (Wildman–Crippen LogP) is 4.18. The van der Waals surface area contributed by atoms with Crippen LogP contribution in [0.2, 0.25) is 0 Å². The number of rotatable bonds is 4. The van der Waals surface area contributed by atoms with E-state index < -0.39 is 21.6 Å². The molecule has 39 heavy (non-hydrogen) atoms. The van der Waals surface area contributed by atoms with E-state index in [0.29, 0.717) is 45.8 Å². The van der Waals surface area contributed by atoms with Crippen molar-refractivity contribution in [3.8, 4) is 11.4 Å². The molecular formula is C26H27F3N4O5S. The first-order valence-electron chi connectivity index (χ1n) is 12.4. The van der Waals surface area contributed by atoms with E-state index in [4.69, 9.17) is 9.26 Å². The number of morpholine rings is 1. The number of benzene rings is 2. The van der Waals surface area contributed by atoms with Crippen LogP contribution >= 0.6 is 0 Å². The Hall–Kier alpha value is -3.45. The molecule has 0 bridgehead atoms. The molecular weight excluding hydrogens is 537 g/mol. The lowest BCUT2D eigenvalue weighted by atomic mass is 9.84. The number of urea groups is 1. The molecule has 9 nitrogen and oxygen atoms in total. The maximum absolute atomic E-state index is 13.4. The van der Waals surface area contributed by atoms with E-state index in [0.717, 1.165) is 24.0 Å². The fraction of sp³-hybridized carbons (Fsp3) is 0.423. The summed E-state index contributed by atoms with van der Waals surface area (Å²) in [6.07, 6.45) is -2.85. The monoisotopic (exact) mass is 564 g/mol. The van der Waals surface area contributed by atoms with E-state index in [1.54, 1.807) is 34.1 Å². The summed E-state index contributed by atoms with van der Waals surface area (Å²) in [4.78, 5) is 21.4. The van der Waals surface area contributed by atoms with Crippen molar-refractivity contribution < 1.29 is 35.6 Å². The smallest absolute Gasteiger partial charge is 0.378 e. The molecule has 2 fully saturated rings. The van der Waals surface area contributed by atoms with Crippen molar-refractivity contribution in [2.24, 2.45) is 0 Å². The first-order chi connectivity index (χ1) is 18.5. The van der Waals surface area contributed by atoms with Gasteiger partial charge in [0.15, 0.2) is 9.84 Å². The highest BCUT2D eigenvalue weighted by Gasteiger charge is 2.37. The van der Waals surface area contributed by atoms with E-state index in [1.807, 2.05) is 0 Å². The number of likely N-dealkylation sites (tertiary alicyclic amines) is 1. The third-order valence-electron chi connectivity index (χ3n) is 7.02. The van der Waals surface area contributed by atoms with Crippen LogP contribution in [0.3, 0.4) is 0 Å². The molecule has 1 aromatic heterocycles. The highest BCUT2D eigenvalue weighted by molar-refractivity contribution is 7.90. The quantitative estimate of drug-likeness (QED) is 0.468. The van der Waals surface area contributed by atoms with Crippen LogP contribution in [0, 0.1) is 0 Å². The third-order valence-corrected chi connectivity index (χ3v) is 8.15. The number of amides is 2. The van der Waals surface area contributed by atoms with Gasteiger partial charge in [-0.3, -0.25) is 0 Å². The zero-order chi connectivity index (χ0) is 27.8. The van der Waals surface area contributed by atoms with Crippen LogP contribution in [0.1, 0.15) is 35.3 Å². The van der Waals surface area contributed by atoms with Crippen LogP contribution in [-0.4, -0.2) is 80.0 Å². The van der Waals surface area contributed by atoms with Gasteiger partial charge in [0.2, 0.25) is 11.7 Å². The second-order valence-electron chi connectivity index (χ2n) is 9.79. The largest absolute Gasteiger partial charge is 0.416 e. The maximum atomic E-state index is 13.4. The zero-order valence-electron chi connectivity index (χ0n) is 21.1. The van der Waals surface area contributed by atoms with Crippen LogP contribution < -0.4 is 0 Å². The number of hydrogen-bond donors (Lipinski definition) is 0. The molecule has 0 spiro atoms. The molecule has 0 aliphatic carbocycles. The molecule has 2 aromatic carbocycles.